The molecule has 2 amide bonds. The molecule has 2 heterocycles. The molecular formula is C19H22ClN3O5S2. The number of benzene rings is 1. The predicted octanol–water partition coefficient (Wildman–Crippen LogP) is 2.63. The van der Waals surface area contributed by atoms with Gasteiger partial charge >= 0.3 is 0 Å². The van der Waals surface area contributed by atoms with Crippen molar-refractivity contribution in [1.82, 2.24) is 9.62 Å². The highest BCUT2D eigenvalue weighted by Crippen LogP contribution is 2.29. The molecule has 1 aliphatic rings. The van der Waals surface area contributed by atoms with Crippen LogP contribution < -0.4 is 10.6 Å². The van der Waals surface area contributed by atoms with E-state index in [1.165, 1.54) is 40.8 Å². The predicted molar refractivity (Wildman–Crippen MR) is 115 cm³/mol. The summed E-state index contributed by atoms with van der Waals surface area (Å²) in [5.74, 6) is -0.606. The minimum atomic E-state index is -3.81. The first-order valence-electron chi connectivity index (χ1n) is 9.25. The summed E-state index contributed by atoms with van der Waals surface area (Å²) in [4.78, 5) is 24.9. The van der Waals surface area contributed by atoms with Crippen LogP contribution in [0.3, 0.4) is 0 Å². The van der Waals surface area contributed by atoms with E-state index in [2.05, 4.69) is 10.6 Å². The van der Waals surface area contributed by atoms with Crippen LogP contribution in [-0.2, 0) is 24.3 Å². The summed E-state index contributed by atoms with van der Waals surface area (Å²) in [6.45, 7) is 2.52. The van der Waals surface area contributed by atoms with Crippen molar-refractivity contribution in [2.24, 2.45) is 0 Å². The number of hydrogen-bond acceptors (Lipinski definition) is 6. The third kappa shape index (κ3) is 5.58. The van der Waals surface area contributed by atoms with Crippen LogP contribution in [0.15, 0.2) is 40.6 Å². The largest absolute Gasteiger partial charge is 0.379 e. The second-order valence-corrected chi connectivity index (χ2v) is 9.98. The lowest BCUT2D eigenvalue weighted by atomic mass is 10.1. The Kier molecular flexibility index (Phi) is 7.48. The van der Waals surface area contributed by atoms with Gasteiger partial charge in [0.05, 0.1) is 30.7 Å². The van der Waals surface area contributed by atoms with E-state index in [0.29, 0.717) is 18.9 Å². The molecule has 162 valence electrons. The van der Waals surface area contributed by atoms with E-state index in [9.17, 15) is 18.0 Å². The van der Waals surface area contributed by atoms with Gasteiger partial charge in [-0.25, -0.2) is 8.42 Å². The quantitative estimate of drug-likeness (QED) is 0.645. The number of sulfonamides is 1. The van der Waals surface area contributed by atoms with E-state index in [1.807, 2.05) is 17.5 Å². The summed E-state index contributed by atoms with van der Waals surface area (Å²) >= 11 is 7.59. The molecule has 3 rings (SSSR count). The average Bonchev–Trinajstić information content (AvgIpc) is 3.24. The Balaban J connectivity index is 1.75. The Morgan fingerprint density at radius 2 is 2.00 bits per heavy atom. The number of morpholine rings is 1. The first-order valence-corrected chi connectivity index (χ1v) is 11.9. The molecule has 30 heavy (non-hydrogen) atoms. The van der Waals surface area contributed by atoms with Crippen molar-refractivity contribution in [3.63, 3.8) is 0 Å². The molecule has 11 heteroatoms. The van der Waals surface area contributed by atoms with Gasteiger partial charge in [0.25, 0.3) is 0 Å². The lowest BCUT2D eigenvalue weighted by Crippen LogP contribution is -2.40. The summed E-state index contributed by atoms with van der Waals surface area (Å²) in [5, 5.41) is 7.40. The van der Waals surface area contributed by atoms with Gasteiger partial charge in [0.15, 0.2) is 0 Å². The number of ether oxygens (including phenoxy) is 1. The molecule has 8 nitrogen and oxygen atoms in total. The number of thiophene rings is 1. The molecule has 1 unspecified atom stereocenters. The summed E-state index contributed by atoms with van der Waals surface area (Å²) in [6, 6.07) is 7.55. The Labute approximate surface area is 184 Å². The second-order valence-electron chi connectivity index (χ2n) is 6.68. The van der Waals surface area contributed by atoms with Crippen LogP contribution >= 0.6 is 22.9 Å². The zero-order chi connectivity index (χ0) is 21.7. The van der Waals surface area contributed by atoms with E-state index in [0.717, 1.165) is 4.88 Å². The van der Waals surface area contributed by atoms with Crippen LogP contribution in [0.2, 0.25) is 5.02 Å². The number of anilines is 1. The topological polar surface area (TPSA) is 105 Å². The first kappa shape index (κ1) is 22.7. The molecule has 2 aromatic rings. The van der Waals surface area contributed by atoms with E-state index < -0.39 is 16.1 Å². The molecule has 2 N–H and O–H groups in total. The molecule has 1 aromatic carbocycles. The zero-order valence-corrected chi connectivity index (χ0v) is 18.6. The molecule has 0 saturated carbocycles. The van der Waals surface area contributed by atoms with Crippen LogP contribution in [-0.4, -0.2) is 50.8 Å². The standard InChI is InChI=1S/C19H22ClN3O5S2/c1-13(24)21-16(17-3-2-10-29-17)12-19(25)22-14-4-5-15(20)18(11-14)30(26,27)23-6-8-28-9-7-23/h2-5,10-11,16H,6-9,12H2,1H3,(H,21,24)(H,22,25). The van der Waals surface area contributed by atoms with Gasteiger partial charge in [-0.1, -0.05) is 17.7 Å². The van der Waals surface area contributed by atoms with Gasteiger partial charge in [0, 0.05) is 30.6 Å². The molecule has 0 bridgehead atoms. The number of carbonyl (C=O) groups excluding carboxylic acids is 2. The Hall–Kier alpha value is -1.98. The van der Waals surface area contributed by atoms with Crippen LogP contribution in [0, 0.1) is 0 Å². The Bertz CT molecular complexity index is 1010. The maximum absolute atomic E-state index is 12.9. The van der Waals surface area contributed by atoms with Gasteiger partial charge in [-0.3, -0.25) is 9.59 Å². The maximum atomic E-state index is 12.9. The lowest BCUT2D eigenvalue weighted by molar-refractivity contribution is -0.120. The fraction of sp³-hybridized carbons (Fsp3) is 0.368. The third-order valence-corrected chi connectivity index (χ3v) is 7.82. The molecule has 1 aliphatic heterocycles. The van der Waals surface area contributed by atoms with E-state index in [1.54, 1.807) is 0 Å². The van der Waals surface area contributed by atoms with Crippen LogP contribution in [0.4, 0.5) is 5.69 Å². The first-order chi connectivity index (χ1) is 14.3. The molecule has 0 spiro atoms. The highest BCUT2D eigenvalue weighted by molar-refractivity contribution is 7.89. The van der Waals surface area contributed by atoms with Crippen molar-refractivity contribution in [2.45, 2.75) is 24.3 Å². The Morgan fingerprint density at radius 3 is 2.63 bits per heavy atom. The summed E-state index contributed by atoms with van der Waals surface area (Å²) in [5.41, 5.74) is 0.309. The van der Waals surface area contributed by atoms with Crippen molar-refractivity contribution in [3.8, 4) is 0 Å². The molecule has 1 aromatic heterocycles. The number of nitrogens with zero attached hydrogens (tertiary/aromatic N) is 1. The normalized spacial score (nSPS) is 16.1. The van der Waals surface area contributed by atoms with E-state index in [4.69, 9.17) is 16.3 Å². The van der Waals surface area contributed by atoms with Crippen LogP contribution in [0.1, 0.15) is 24.3 Å². The number of rotatable bonds is 7. The van der Waals surface area contributed by atoms with Crippen molar-refractivity contribution < 1.29 is 22.7 Å². The molecule has 1 saturated heterocycles. The number of carbonyl (C=O) groups is 2. The highest BCUT2D eigenvalue weighted by Gasteiger charge is 2.29. The van der Waals surface area contributed by atoms with Crippen molar-refractivity contribution in [3.05, 3.63) is 45.6 Å². The fourth-order valence-electron chi connectivity index (χ4n) is 3.06. The van der Waals surface area contributed by atoms with Gasteiger partial charge in [0.1, 0.15) is 4.90 Å². The van der Waals surface area contributed by atoms with Crippen LogP contribution in [0.5, 0.6) is 0 Å². The van der Waals surface area contributed by atoms with Gasteiger partial charge in [-0.05, 0) is 29.6 Å². The van der Waals surface area contributed by atoms with Crippen molar-refractivity contribution in [2.75, 3.05) is 31.6 Å². The average molecular weight is 472 g/mol. The highest BCUT2D eigenvalue weighted by atomic mass is 35.5. The maximum Gasteiger partial charge on any atom is 0.244 e. The van der Waals surface area contributed by atoms with Crippen LogP contribution in [0.25, 0.3) is 0 Å². The van der Waals surface area contributed by atoms with Gasteiger partial charge in [-0.2, -0.15) is 4.31 Å². The minimum Gasteiger partial charge on any atom is -0.379 e. The molecule has 0 radical (unpaired) electrons. The second kappa shape index (κ2) is 9.88. The summed E-state index contributed by atoms with van der Waals surface area (Å²) < 4.78 is 32.4. The number of halogens is 1. The monoisotopic (exact) mass is 471 g/mol. The molecule has 0 aliphatic carbocycles. The Morgan fingerprint density at radius 1 is 1.27 bits per heavy atom. The number of hydrogen-bond donors (Lipinski definition) is 2. The van der Waals surface area contributed by atoms with Crippen molar-refractivity contribution >= 4 is 50.5 Å². The smallest absolute Gasteiger partial charge is 0.244 e. The fourth-order valence-corrected chi connectivity index (χ4v) is 5.75. The zero-order valence-electron chi connectivity index (χ0n) is 16.3. The van der Waals surface area contributed by atoms with E-state index >= 15 is 0 Å². The summed E-state index contributed by atoms with van der Waals surface area (Å²) in [6.07, 6.45) is 0.00820. The van der Waals surface area contributed by atoms with Crippen molar-refractivity contribution in [1.29, 1.82) is 0 Å². The molecular weight excluding hydrogens is 450 g/mol. The minimum absolute atomic E-state index is 0.00820. The number of amides is 2. The number of nitrogens with one attached hydrogen (secondary N) is 2. The SMILES string of the molecule is CC(=O)NC(CC(=O)Nc1ccc(Cl)c(S(=O)(=O)N2CCOCC2)c1)c1cccs1. The van der Waals surface area contributed by atoms with Gasteiger partial charge < -0.3 is 15.4 Å². The lowest BCUT2D eigenvalue weighted by Gasteiger charge is -2.26. The molecule has 1 atom stereocenters. The summed E-state index contributed by atoms with van der Waals surface area (Å²) in [7, 11) is -3.81. The molecule has 1 fully saturated rings. The third-order valence-electron chi connectivity index (χ3n) is 4.46. The van der Waals surface area contributed by atoms with Gasteiger partial charge in [0.2, 0.25) is 21.8 Å². The van der Waals surface area contributed by atoms with Gasteiger partial charge in [-0.15, -0.1) is 11.3 Å². The van der Waals surface area contributed by atoms with E-state index in [-0.39, 0.29) is 41.2 Å².